The number of aliphatic hydroxyl groups excluding tert-OH is 1. The Morgan fingerprint density at radius 2 is 1.89 bits per heavy atom. The minimum absolute atomic E-state index is 0.0607. The van der Waals surface area contributed by atoms with E-state index in [0.29, 0.717) is 19.3 Å². The molecule has 18 heavy (non-hydrogen) atoms. The number of β-amino-alcohol motifs (C(OH)–C–C–N with tert-alkyl or cyclic N) is 1. The Kier molecular flexibility index (Phi) is 3.90. The van der Waals surface area contributed by atoms with Gasteiger partial charge in [-0.1, -0.05) is 0 Å². The van der Waals surface area contributed by atoms with E-state index in [9.17, 15) is 18.3 Å². The largest absolute Gasteiger partial charge is 0.480 e. The van der Waals surface area contributed by atoms with Crippen LogP contribution in [0.25, 0.3) is 0 Å². The van der Waals surface area contributed by atoms with Crippen molar-refractivity contribution in [1.82, 2.24) is 8.61 Å². The van der Waals surface area contributed by atoms with E-state index in [1.54, 1.807) is 0 Å². The molecule has 8 heteroatoms. The summed E-state index contributed by atoms with van der Waals surface area (Å²) in [5.74, 6) is -1.10. The van der Waals surface area contributed by atoms with Gasteiger partial charge < -0.3 is 10.2 Å². The number of carbonyl (C=O) groups is 1. The van der Waals surface area contributed by atoms with Crippen molar-refractivity contribution < 1.29 is 23.4 Å². The first-order valence-corrected chi connectivity index (χ1v) is 7.50. The summed E-state index contributed by atoms with van der Waals surface area (Å²) in [4.78, 5) is 11.1. The SMILES string of the molecule is O=C(O)C1CCCCN1S(=O)(=O)N1CCC(O)C1. The van der Waals surface area contributed by atoms with Crippen molar-refractivity contribution in [3.05, 3.63) is 0 Å². The van der Waals surface area contributed by atoms with Crippen LogP contribution in [0.3, 0.4) is 0 Å². The molecule has 0 aromatic carbocycles. The molecular formula is C10H18N2O5S. The first-order chi connectivity index (χ1) is 8.43. The van der Waals surface area contributed by atoms with E-state index in [4.69, 9.17) is 5.11 Å². The van der Waals surface area contributed by atoms with Crippen LogP contribution in [0.2, 0.25) is 0 Å². The highest BCUT2D eigenvalue weighted by Crippen LogP contribution is 2.25. The molecular weight excluding hydrogens is 260 g/mol. The van der Waals surface area contributed by atoms with E-state index in [1.165, 1.54) is 4.31 Å². The lowest BCUT2D eigenvalue weighted by Crippen LogP contribution is -2.53. The Balaban J connectivity index is 2.19. The van der Waals surface area contributed by atoms with E-state index >= 15 is 0 Å². The number of nitrogens with zero attached hydrogens (tertiary/aromatic N) is 2. The van der Waals surface area contributed by atoms with Crippen LogP contribution in [0.15, 0.2) is 0 Å². The third-order valence-electron chi connectivity index (χ3n) is 3.49. The minimum atomic E-state index is -3.76. The fourth-order valence-electron chi connectivity index (χ4n) is 2.50. The van der Waals surface area contributed by atoms with E-state index in [1.807, 2.05) is 0 Å². The van der Waals surface area contributed by atoms with Crippen molar-refractivity contribution >= 4 is 16.2 Å². The average Bonchev–Trinajstić information content (AvgIpc) is 2.76. The summed E-state index contributed by atoms with van der Waals surface area (Å²) in [6.45, 7) is 0.559. The molecule has 2 heterocycles. The van der Waals surface area contributed by atoms with Gasteiger partial charge in [0.2, 0.25) is 0 Å². The Bertz CT molecular complexity index is 424. The molecule has 7 nitrogen and oxygen atoms in total. The van der Waals surface area contributed by atoms with Crippen LogP contribution in [-0.4, -0.2) is 65.0 Å². The Hall–Kier alpha value is -0.700. The highest BCUT2D eigenvalue weighted by Gasteiger charge is 2.41. The Morgan fingerprint density at radius 1 is 1.17 bits per heavy atom. The maximum Gasteiger partial charge on any atom is 0.322 e. The fourth-order valence-corrected chi connectivity index (χ4v) is 4.37. The molecule has 0 amide bonds. The molecule has 2 atom stereocenters. The maximum absolute atomic E-state index is 12.3. The molecule has 0 aromatic rings. The van der Waals surface area contributed by atoms with Crippen LogP contribution >= 0.6 is 0 Å². The summed E-state index contributed by atoms with van der Waals surface area (Å²) < 4.78 is 26.9. The average molecular weight is 278 g/mol. The van der Waals surface area contributed by atoms with Gasteiger partial charge in [-0.2, -0.15) is 17.0 Å². The molecule has 2 N–H and O–H groups in total. The van der Waals surface area contributed by atoms with Crippen LogP contribution < -0.4 is 0 Å². The molecule has 0 bridgehead atoms. The highest BCUT2D eigenvalue weighted by atomic mass is 32.2. The summed E-state index contributed by atoms with van der Waals surface area (Å²) in [5, 5.41) is 18.5. The molecule has 2 aliphatic heterocycles. The zero-order valence-corrected chi connectivity index (χ0v) is 10.8. The third-order valence-corrected chi connectivity index (χ3v) is 5.50. The molecule has 0 spiro atoms. The lowest BCUT2D eigenvalue weighted by molar-refractivity contribution is -0.142. The molecule has 2 fully saturated rings. The van der Waals surface area contributed by atoms with Crippen LogP contribution in [0.5, 0.6) is 0 Å². The zero-order chi connectivity index (χ0) is 13.3. The Morgan fingerprint density at radius 3 is 2.44 bits per heavy atom. The predicted molar refractivity (Wildman–Crippen MR) is 63.1 cm³/mol. The first-order valence-electron chi connectivity index (χ1n) is 6.10. The number of hydrogen-bond acceptors (Lipinski definition) is 4. The van der Waals surface area contributed by atoms with Gasteiger partial charge in [-0.05, 0) is 25.7 Å². The van der Waals surface area contributed by atoms with Crippen LogP contribution in [-0.2, 0) is 15.0 Å². The second kappa shape index (κ2) is 5.12. The molecule has 2 saturated heterocycles. The van der Waals surface area contributed by atoms with Crippen molar-refractivity contribution in [2.45, 2.75) is 37.8 Å². The van der Waals surface area contributed by atoms with Gasteiger partial charge in [0.15, 0.2) is 0 Å². The second-order valence-corrected chi connectivity index (χ2v) is 6.65. The summed E-state index contributed by atoms with van der Waals surface area (Å²) in [7, 11) is -3.76. The van der Waals surface area contributed by atoms with E-state index < -0.39 is 28.3 Å². The van der Waals surface area contributed by atoms with Gasteiger partial charge in [0.1, 0.15) is 6.04 Å². The maximum atomic E-state index is 12.3. The van der Waals surface area contributed by atoms with Gasteiger partial charge in [-0.25, -0.2) is 0 Å². The lowest BCUT2D eigenvalue weighted by Gasteiger charge is -2.34. The van der Waals surface area contributed by atoms with Crippen molar-refractivity contribution in [2.75, 3.05) is 19.6 Å². The third kappa shape index (κ3) is 2.51. The molecule has 0 radical (unpaired) electrons. The predicted octanol–water partition coefficient (Wildman–Crippen LogP) is -0.763. The monoisotopic (exact) mass is 278 g/mol. The molecule has 0 saturated carbocycles. The van der Waals surface area contributed by atoms with Gasteiger partial charge >= 0.3 is 5.97 Å². The number of hydrogen-bond donors (Lipinski definition) is 2. The number of aliphatic hydroxyl groups is 1. The fraction of sp³-hybridized carbons (Fsp3) is 0.900. The number of carboxylic acids is 1. The lowest BCUT2D eigenvalue weighted by atomic mass is 10.1. The number of rotatable bonds is 3. The molecule has 0 aliphatic carbocycles. The summed E-state index contributed by atoms with van der Waals surface area (Å²) >= 11 is 0. The second-order valence-electron chi connectivity index (χ2n) is 4.77. The minimum Gasteiger partial charge on any atom is -0.480 e. The van der Waals surface area contributed by atoms with Crippen molar-refractivity contribution in [3.8, 4) is 0 Å². The summed E-state index contributed by atoms with van der Waals surface area (Å²) in [5.41, 5.74) is 0. The van der Waals surface area contributed by atoms with E-state index in [0.717, 1.165) is 10.7 Å². The van der Waals surface area contributed by atoms with E-state index in [-0.39, 0.29) is 19.6 Å². The number of carboxylic acid groups (broad SMARTS) is 1. The van der Waals surface area contributed by atoms with Crippen molar-refractivity contribution in [2.24, 2.45) is 0 Å². The molecule has 0 aromatic heterocycles. The number of piperidine rings is 1. The van der Waals surface area contributed by atoms with Gasteiger partial charge in [0, 0.05) is 19.6 Å². The molecule has 2 rings (SSSR count). The van der Waals surface area contributed by atoms with Gasteiger partial charge in [-0.3, -0.25) is 4.79 Å². The van der Waals surface area contributed by atoms with Crippen LogP contribution in [0.1, 0.15) is 25.7 Å². The van der Waals surface area contributed by atoms with Gasteiger partial charge in [0.25, 0.3) is 10.2 Å². The summed E-state index contributed by atoms with van der Waals surface area (Å²) in [6.07, 6.45) is 1.52. The van der Waals surface area contributed by atoms with Crippen LogP contribution in [0, 0.1) is 0 Å². The molecule has 2 aliphatic rings. The Labute approximate surface area is 106 Å². The van der Waals surface area contributed by atoms with Gasteiger partial charge in [-0.15, -0.1) is 0 Å². The molecule has 104 valence electrons. The van der Waals surface area contributed by atoms with Crippen molar-refractivity contribution in [3.63, 3.8) is 0 Å². The van der Waals surface area contributed by atoms with Crippen LogP contribution in [0.4, 0.5) is 0 Å². The highest BCUT2D eigenvalue weighted by molar-refractivity contribution is 7.86. The zero-order valence-electron chi connectivity index (χ0n) is 10.0. The normalized spacial score (nSPS) is 31.6. The topological polar surface area (TPSA) is 98.2 Å². The van der Waals surface area contributed by atoms with E-state index in [2.05, 4.69) is 0 Å². The van der Waals surface area contributed by atoms with Crippen molar-refractivity contribution in [1.29, 1.82) is 0 Å². The molecule has 2 unspecified atom stereocenters. The standard InChI is InChI=1S/C10H18N2O5S/c13-8-4-6-11(7-8)18(16,17)12-5-2-1-3-9(12)10(14)15/h8-9,13H,1-7H2,(H,14,15). The quantitative estimate of drug-likeness (QED) is 0.707. The van der Waals surface area contributed by atoms with Gasteiger partial charge in [0.05, 0.1) is 6.10 Å². The summed E-state index contributed by atoms with van der Waals surface area (Å²) in [6, 6.07) is -0.971. The first kappa shape index (κ1) is 13.7. The smallest absolute Gasteiger partial charge is 0.322 e. The number of aliphatic carboxylic acids is 1.